The number of hydrogen-bond acceptors (Lipinski definition) is 9. The van der Waals surface area contributed by atoms with Gasteiger partial charge in [0.2, 0.25) is 6.79 Å². The lowest BCUT2D eigenvalue weighted by molar-refractivity contribution is 0.0193. The Hall–Kier alpha value is -5.40. The topological polar surface area (TPSA) is 109 Å². The average molecular weight is 853 g/mol. The van der Waals surface area contributed by atoms with Gasteiger partial charge in [-0.3, -0.25) is 19.4 Å². The first-order chi connectivity index (χ1) is 28.8. The Labute approximate surface area is 360 Å². The first-order valence-electron chi connectivity index (χ1n) is 20.5. The van der Waals surface area contributed by atoms with Gasteiger partial charge in [0.1, 0.15) is 18.1 Å². The molecular formula is C46H47Cl2N5O7. The number of morpholine rings is 1. The molecular weight excluding hydrogens is 805 g/mol. The van der Waals surface area contributed by atoms with E-state index >= 15 is 9.59 Å². The molecule has 12 nitrogen and oxygen atoms in total. The molecule has 0 unspecified atom stereocenters. The van der Waals surface area contributed by atoms with Gasteiger partial charge < -0.3 is 38.4 Å². The van der Waals surface area contributed by atoms with E-state index in [9.17, 15) is 5.11 Å². The molecule has 60 heavy (non-hydrogen) atoms. The fourth-order valence-corrected chi connectivity index (χ4v) is 9.55. The number of benzene rings is 4. The molecule has 0 bridgehead atoms. The van der Waals surface area contributed by atoms with Crippen molar-refractivity contribution in [3.8, 4) is 34.3 Å². The van der Waals surface area contributed by atoms with Gasteiger partial charge in [0.05, 0.1) is 42.3 Å². The number of fused-ring (bicyclic) bond motifs is 4. The van der Waals surface area contributed by atoms with Crippen molar-refractivity contribution in [1.29, 1.82) is 0 Å². The second kappa shape index (κ2) is 16.6. The van der Waals surface area contributed by atoms with Crippen LogP contribution in [0.1, 0.15) is 50.4 Å². The summed E-state index contributed by atoms with van der Waals surface area (Å²) in [5, 5.41) is 11.0. The van der Waals surface area contributed by atoms with Crippen LogP contribution in [0.2, 0.25) is 5.02 Å². The van der Waals surface area contributed by atoms with Crippen LogP contribution in [0.4, 0.5) is 17.1 Å². The summed E-state index contributed by atoms with van der Waals surface area (Å²) in [5.74, 6) is 1.54. The normalized spacial score (nSPS) is 18.1. The Bertz CT molecular complexity index is 2450. The lowest BCUT2D eigenvalue weighted by Crippen LogP contribution is -2.52. The van der Waals surface area contributed by atoms with Crippen LogP contribution in [0.15, 0.2) is 78.9 Å². The first kappa shape index (κ1) is 40.0. The minimum atomic E-state index is -0.222. The number of ether oxygens (including phenoxy) is 4. The molecule has 5 aliphatic heterocycles. The number of carbonyl (C=O) groups is 2. The highest BCUT2D eigenvalue weighted by atomic mass is 35.5. The van der Waals surface area contributed by atoms with Crippen LogP contribution in [-0.2, 0) is 30.7 Å². The maximum absolute atomic E-state index is 15.3. The number of anilines is 3. The molecule has 1 atom stereocenters. The number of amides is 2. The van der Waals surface area contributed by atoms with Crippen molar-refractivity contribution in [3.63, 3.8) is 0 Å². The van der Waals surface area contributed by atoms with Crippen LogP contribution in [0.5, 0.6) is 23.0 Å². The summed E-state index contributed by atoms with van der Waals surface area (Å²) in [6.45, 7) is 6.07. The van der Waals surface area contributed by atoms with Crippen molar-refractivity contribution < 1.29 is 33.6 Å². The number of phenols is 1. The number of halogens is 2. The molecule has 6 heterocycles. The van der Waals surface area contributed by atoms with E-state index in [1.165, 1.54) is 0 Å². The number of carbonyl (C=O) groups excluding carboxylic acids is 2. The van der Waals surface area contributed by atoms with Crippen molar-refractivity contribution in [2.45, 2.75) is 44.8 Å². The van der Waals surface area contributed by atoms with Crippen LogP contribution in [0, 0.1) is 0 Å². The second-order valence-electron chi connectivity index (χ2n) is 15.9. The van der Waals surface area contributed by atoms with Gasteiger partial charge in [-0.1, -0.05) is 23.7 Å². The summed E-state index contributed by atoms with van der Waals surface area (Å²) in [6, 6.07) is 23.9. The number of aromatic nitrogens is 1. The predicted octanol–water partition coefficient (Wildman–Crippen LogP) is 7.71. The fraction of sp³-hybridized carbons (Fsp3) is 0.348. The van der Waals surface area contributed by atoms with Crippen molar-refractivity contribution in [2.75, 3.05) is 69.6 Å². The maximum atomic E-state index is 15.3. The Morgan fingerprint density at radius 1 is 0.833 bits per heavy atom. The summed E-state index contributed by atoms with van der Waals surface area (Å²) in [4.78, 5) is 38.8. The lowest BCUT2D eigenvalue weighted by Gasteiger charge is -2.41. The van der Waals surface area contributed by atoms with Gasteiger partial charge >= 0.3 is 0 Å². The van der Waals surface area contributed by atoms with Gasteiger partial charge in [-0.25, -0.2) is 0 Å². The molecule has 4 aromatic carbocycles. The largest absolute Gasteiger partial charge is 0.508 e. The van der Waals surface area contributed by atoms with Gasteiger partial charge in [0, 0.05) is 79.5 Å². The molecule has 0 radical (unpaired) electrons. The Balaban J connectivity index is 0.00000462. The van der Waals surface area contributed by atoms with Crippen LogP contribution >= 0.6 is 24.0 Å². The summed E-state index contributed by atoms with van der Waals surface area (Å²) in [5.41, 5.74) is 7.73. The number of aromatic hydroxyl groups is 1. The smallest absolute Gasteiger partial charge is 0.264 e. The van der Waals surface area contributed by atoms with Crippen molar-refractivity contribution in [3.05, 3.63) is 112 Å². The summed E-state index contributed by atoms with van der Waals surface area (Å²) in [7, 11) is 2.03. The molecule has 1 aromatic heterocycles. The van der Waals surface area contributed by atoms with Crippen LogP contribution < -0.4 is 24.0 Å². The van der Waals surface area contributed by atoms with Crippen molar-refractivity contribution in [1.82, 2.24) is 14.4 Å². The van der Waals surface area contributed by atoms with E-state index in [0.717, 1.165) is 65.7 Å². The number of phenolic OH excluding ortho intramolecular Hbond substituents is 1. The predicted molar refractivity (Wildman–Crippen MR) is 232 cm³/mol. The van der Waals surface area contributed by atoms with E-state index in [0.29, 0.717) is 97.6 Å². The molecule has 0 spiro atoms. The quantitative estimate of drug-likeness (QED) is 0.176. The van der Waals surface area contributed by atoms with Crippen LogP contribution in [0.25, 0.3) is 11.3 Å². The van der Waals surface area contributed by atoms with Gasteiger partial charge in [0.15, 0.2) is 11.5 Å². The SMILES string of the molecule is CN1CCOc2cc(N(C(=O)c3cc(-c4cc5c(cc4C(=O)N4Cc6cccc(Cl)c6C[C@H]4CN4CCOCC4)OCO5)n4c3CCCC4)c3ccc(O)cc3)ccc21.Cl. The Kier molecular flexibility index (Phi) is 11.1. The van der Waals surface area contributed by atoms with E-state index in [1.54, 1.807) is 29.2 Å². The monoisotopic (exact) mass is 851 g/mol. The summed E-state index contributed by atoms with van der Waals surface area (Å²) in [6.07, 6.45) is 3.18. The van der Waals surface area contributed by atoms with Gasteiger partial charge in [0.25, 0.3) is 11.8 Å². The van der Waals surface area contributed by atoms with Crippen molar-refractivity contribution in [2.24, 2.45) is 0 Å². The van der Waals surface area contributed by atoms with E-state index in [2.05, 4.69) is 20.4 Å². The van der Waals surface area contributed by atoms with E-state index in [1.807, 2.05) is 60.5 Å². The third-order valence-corrected chi connectivity index (χ3v) is 12.7. The van der Waals surface area contributed by atoms with Gasteiger partial charge in [-0.15, -0.1) is 12.4 Å². The molecule has 1 saturated heterocycles. The molecule has 10 rings (SSSR count). The fourth-order valence-electron chi connectivity index (χ4n) is 9.28. The second-order valence-corrected chi connectivity index (χ2v) is 16.3. The summed E-state index contributed by atoms with van der Waals surface area (Å²) >= 11 is 6.78. The molecule has 1 N–H and O–H groups in total. The number of rotatable bonds is 7. The van der Waals surface area contributed by atoms with E-state index in [-0.39, 0.29) is 42.8 Å². The zero-order valence-corrected chi connectivity index (χ0v) is 35.0. The van der Waals surface area contributed by atoms with E-state index in [4.69, 9.17) is 30.5 Å². The summed E-state index contributed by atoms with van der Waals surface area (Å²) < 4.78 is 25.8. The molecule has 14 heteroatoms. The molecule has 2 amide bonds. The third kappa shape index (κ3) is 7.29. The molecule has 5 aromatic rings. The lowest BCUT2D eigenvalue weighted by atomic mass is 9.91. The average Bonchev–Trinajstić information content (AvgIpc) is 3.89. The van der Waals surface area contributed by atoms with Gasteiger partial charge in [-0.05, 0) is 97.5 Å². The standard InChI is InChI=1S/C46H46ClN5O7.ClH/c1-48-15-20-57-42-22-31(10-13-40(42)48)52(30-8-11-33(53)12-9-30)46(55)37-23-41(50-14-3-2-7-39(37)50)35-24-43-44(59-28-58-43)25-36(35)45(54)51-26-29-5-4-6-38(47)34(29)21-32(51)27-49-16-18-56-19-17-49;/h4-6,8-13,22-25,32,53H,2-3,7,14-21,26-28H2,1H3;1H/t32-;/m0./s1. The molecule has 312 valence electrons. The number of likely N-dealkylation sites (N-methyl/N-ethyl adjacent to an activating group) is 1. The maximum Gasteiger partial charge on any atom is 0.264 e. The van der Waals surface area contributed by atoms with E-state index < -0.39 is 0 Å². The Morgan fingerprint density at radius 2 is 1.62 bits per heavy atom. The van der Waals surface area contributed by atoms with Crippen LogP contribution in [-0.4, -0.2) is 97.2 Å². The molecule has 1 fully saturated rings. The zero-order chi connectivity index (χ0) is 40.2. The first-order valence-corrected chi connectivity index (χ1v) is 20.8. The highest BCUT2D eigenvalue weighted by molar-refractivity contribution is 6.31. The third-order valence-electron chi connectivity index (χ3n) is 12.4. The highest BCUT2D eigenvalue weighted by Gasteiger charge is 2.37. The molecule has 0 aliphatic carbocycles. The highest BCUT2D eigenvalue weighted by Crippen LogP contribution is 2.44. The minimum absolute atomic E-state index is 0. The molecule has 0 saturated carbocycles. The zero-order valence-electron chi connectivity index (χ0n) is 33.4. The van der Waals surface area contributed by atoms with Crippen LogP contribution in [0.3, 0.4) is 0 Å². The van der Waals surface area contributed by atoms with Gasteiger partial charge in [-0.2, -0.15) is 0 Å². The Morgan fingerprint density at radius 3 is 2.43 bits per heavy atom. The minimum Gasteiger partial charge on any atom is -0.508 e. The molecule has 5 aliphatic rings. The van der Waals surface area contributed by atoms with Crippen molar-refractivity contribution >= 4 is 52.9 Å². The number of hydrogen-bond donors (Lipinski definition) is 1. The number of nitrogens with zero attached hydrogens (tertiary/aromatic N) is 5.